The zero-order valence-corrected chi connectivity index (χ0v) is 29.9. The molecule has 2 aliphatic heterocycles. The van der Waals surface area contributed by atoms with Gasteiger partial charge in [0.2, 0.25) is 11.8 Å². The van der Waals surface area contributed by atoms with Crippen LogP contribution in [-0.4, -0.2) is 83.2 Å². The molecule has 0 saturated carbocycles. The molecule has 2 aromatic heterocycles. The average molecular weight is 719 g/mol. The topological polar surface area (TPSA) is 117 Å². The maximum absolute atomic E-state index is 11.7. The van der Waals surface area contributed by atoms with Crippen LogP contribution in [0.3, 0.4) is 0 Å². The van der Waals surface area contributed by atoms with Crippen LogP contribution in [0.25, 0.3) is 33.6 Å². The van der Waals surface area contributed by atoms with Crippen LogP contribution in [0.5, 0.6) is 11.6 Å². The van der Waals surface area contributed by atoms with Crippen LogP contribution in [0, 0.1) is 5.92 Å². The van der Waals surface area contributed by atoms with E-state index in [1.807, 2.05) is 59.5 Å². The number of halogens is 2. The molecule has 1 atom stereocenters. The summed E-state index contributed by atoms with van der Waals surface area (Å²) in [7, 11) is 3.23. The first kappa shape index (κ1) is 35.6. The average Bonchev–Trinajstić information content (AvgIpc) is 3.60. The lowest BCUT2D eigenvalue weighted by Gasteiger charge is -2.32. The second-order valence-electron chi connectivity index (χ2n) is 12.8. The van der Waals surface area contributed by atoms with Crippen LogP contribution >= 0.6 is 23.2 Å². The molecular weight excluding hydrogens is 677 g/mol. The van der Waals surface area contributed by atoms with Crippen LogP contribution < -0.4 is 14.8 Å². The summed E-state index contributed by atoms with van der Waals surface area (Å²) in [6.45, 7) is 5.56. The first-order valence-electron chi connectivity index (χ1n) is 16.8. The van der Waals surface area contributed by atoms with Crippen molar-refractivity contribution in [2.75, 3.05) is 40.4 Å². The van der Waals surface area contributed by atoms with E-state index in [4.69, 9.17) is 37.7 Å². The van der Waals surface area contributed by atoms with Crippen molar-refractivity contribution in [1.82, 2.24) is 25.1 Å². The summed E-state index contributed by atoms with van der Waals surface area (Å²) in [5, 5.41) is 14.0. The van der Waals surface area contributed by atoms with Crippen molar-refractivity contribution in [3.63, 3.8) is 0 Å². The number of carboxylic acids is 1. The number of amides is 1. The Bertz CT molecular complexity index is 1880. The van der Waals surface area contributed by atoms with E-state index < -0.39 is 5.97 Å². The Hall–Kier alpha value is -4.22. The molecule has 12 heteroatoms. The van der Waals surface area contributed by atoms with Crippen molar-refractivity contribution in [3.05, 3.63) is 82.0 Å². The predicted octanol–water partition coefficient (Wildman–Crippen LogP) is 6.81. The molecule has 50 heavy (non-hydrogen) atoms. The maximum Gasteiger partial charge on any atom is 0.307 e. The van der Waals surface area contributed by atoms with Gasteiger partial charge in [-0.3, -0.25) is 19.5 Å². The fourth-order valence-corrected chi connectivity index (χ4v) is 7.46. The Morgan fingerprint density at radius 1 is 0.920 bits per heavy atom. The van der Waals surface area contributed by atoms with Crippen molar-refractivity contribution in [2.45, 2.75) is 45.3 Å². The number of aliphatic carboxylic acids is 1. The number of pyridine rings is 2. The lowest BCUT2D eigenvalue weighted by Crippen LogP contribution is -2.43. The molecule has 0 radical (unpaired) electrons. The van der Waals surface area contributed by atoms with Gasteiger partial charge in [-0.15, -0.1) is 0 Å². The van der Waals surface area contributed by atoms with Crippen LogP contribution in [0.2, 0.25) is 10.0 Å². The van der Waals surface area contributed by atoms with E-state index in [1.54, 1.807) is 27.3 Å². The summed E-state index contributed by atoms with van der Waals surface area (Å²) in [5.41, 5.74) is 6.16. The molecule has 2 N–H and O–H groups in total. The quantitative estimate of drug-likeness (QED) is 0.173. The fourth-order valence-electron chi connectivity index (χ4n) is 6.82. The summed E-state index contributed by atoms with van der Waals surface area (Å²) in [6, 6.07) is 17.8. The number of nitrogens with one attached hydrogen (secondary N) is 1. The van der Waals surface area contributed by atoms with Crippen LogP contribution in [-0.2, 0) is 22.7 Å². The third kappa shape index (κ3) is 7.73. The van der Waals surface area contributed by atoms with Crippen molar-refractivity contribution >= 4 is 35.1 Å². The zero-order valence-electron chi connectivity index (χ0n) is 28.4. The SMILES string of the molecule is COc1cc(-c2nccc(-c3cccc(-c4ccc(CN5CC[C@H](C(=O)O)C5)c(OC)n4)c3Cl)c2Cl)ccc1CNC1CCN(C(C)=O)CC1. The second kappa shape index (κ2) is 15.8. The molecule has 4 heterocycles. The molecule has 6 rings (SSSR count). The van der Waals surface area contributed by atoms with Gasteiger partial charge in [0.05, 0.1) is 41.6 Å². The van der Waals surface area contributed by atoms with E-state index in [9.17, 15) is 14.7 Å². The molecule has 1 amide bonds. The Kier molecular flexibility index (Phi) is 11.2. The number of carboxylic acid groups (broad SMARTS) is 1. The summed E-state index contributed by atoms with van der Waals surface area (Å²) in [6.07, 6.45) is 4.18. The highest BCUT2D eigenvalue weighted by Gasteiger charge is 2.29. The number of carbonyl (C=O) groups is 2. The molecule has 2 aliphatic rings. The highest BCUT2D eigenvalue weighted by Crippen LogP contribution is 2.42. The van der Waals surface area contributed by atoms with Gasteiger partial charge in [-0.25, -0.2) is 4.98 Å². The molecule has 2 saturated heterocycles. The Morgan fingerprint density at radius 2 is 1.66 bits per heavy atom. The highest BCUT2D eigenvalue weighted by molar-refractivity contribution is 6.39. The first-order chi connectivity index (χ1) is 24.2. The number of likely N-dealkylation sites (tertiary alicyclic amines) is 2. The number of hydrogen-bond acceptors (Lipinski definition) is 8. The summed E-state index contributed by atoms with van der Waals surface area (Å²) in [5.74, 6) is 0.217. The zero-order chi connectivity index (χ0) is 35.4. The number of aromatic nitrogens is 2. The van der Waals surface area contributed by atoms with Gasteiger partial charge in [-0.1, -0.05) is 59.6 Å². The fraction of sp³-hybridized carbons (Fsp3) is 0.368. The smallest absolute Gasteiger partial charge is 0.307 e. The van der Waals surface area contributed by atoms with Crippen molar-refractivity contribution in [1.29, 1.82) is 0 Å². The van der Waals surface area contributed by atoms with Gasteiger partial charge in [0.1, 0.15) is 5.75 Å². The third-order valence-corrected chi connectivity index (χ3v) is 10.5. The first-order valence-corrected chi connectivity index (χ1v) is 17.5. The second-order valence-corrected chi connectivity index (χ2v) is 13.6. The van der Waals surface area contributed by atoms with E-state index in [0.29, 0.717) is 66.0 Å². The Morgan fingerprint density at radius 3 is 2.36 bits per heavy atom. The third-order valence-electron chi connectivity index (χ3n) is 9.68. The monoisotopic (exact) mass is 717 g/mol. The number of carbonyl (C=O) groups excluding carboxylic acids is 1. The van der Waals surface area contributed by atoms with Crippen molar-refractivity contribution < 1.29 is 24.2 Å². The minimum atomic E-state index is -0.759. The van der Waals surface area contributed by atoms with Gasteiger partial charge in [0.15, 0.2) is 0 Å². The van der Waals surface area contributed by atoms with Crippen molar-refractivity contribution in [3.8, 4) is 45.3 Å². The molecule has 0 bridgehead atoms. The lowest BCUT2D eigenvalue weighted by atomic mass is 9.99. The molecule has 0 aliphatic carbocycles. The highest BCUT2D eigenvalue weighted by atomic mass is 35.5. The van der Waals surface area contributed by atoms with E-state index in [1.165, 1.54) is 0 Å². The lowest BCUT2D eigenvalue weighted by molar-refractivity contribution is -0.141. The van der Waals surface area contributed by atoms with E-state index in [-0.39, 0.29) is 11.8 Å². The molecule has 0 unspecified atom stereocenters. The van der Waals surface area contributed by atoms with Gasteiger partial charge in [0.25, 0.3) is 0 Å². The summed E-state index contributed by atoms with van der Waals surface area (Å²) < 4.78 is 11.4. The molecular formula is C38H41Cl2N5O5. The van der Waals surface area contributed by atoms with Gasteiger partial charge in [-0.2, -0.15) is 0 Å². The van der Waals surface area contributed by atoms with Gasteiger partial charge in [0, 0.05) is 85.3 Å². The predicted molar refractivity (Wildman–Crippen MR) is 195 cm³/mol. The largest absolute Gasteiger partial charge is 0.496 e. The van der Waals surface area contributed by atoms with Gasteiger partial charge in [-0.05, 0) is 44.0 Å². The van der Waals surface area contributed by atoms with Gasteiger partial charge >= 0.3 is 5.97 Å². The standard InChI is InChI=1S/C38H41Cl2N5O5/c1-23(46)45-17-13-28(14-18-45)42-20-25-8-7-24(19-33(25)49-2)36-35(40)30(11-15-41-36)29-5-4-6-31(34(29)39)32-10-9-26(37(43-32)50-3)21-44-16-12-27(22-44)38(47)48/h4-11,15,19,27-28,42H,12-14,16-18,20-22H2,1-3H3,(H,47,48)/t27-/m0/s1. The number of benzene rings is 2. The number of ether oxygens (including phenoxy) is 2. The maximum atomic E-state index is 11.7. The van der Waals surface area contributed by atoms with E-state index in [2.05, 4.69) is 15.2 Å². The minimum Gasteiger partial charge on any atom is -0.496 e. The number of hydrogen-bond donors (Lipinski definition) is 2. The van der Waals surface area contributed by atoms with Crippen LogP contribution in [0.1, 0.15) is 37.3 Å². The minimum absolute atomic E-state index is 0.128. The van der Waals surface area contributed by atoms with E-state index >= 15 is 0 Å². The number of rotatable bonds is 11. The van der Waals surface area contributed by atoms with Crippen LogP contribution in [0.15, 0.2) is 60.8 Å². The molecule has 2 fully saturated rings. The van der Waals surface area contributed by atoms with Crippen LogP contribution in [0.4, 0.5) is 0 Å². The number of methoxy groups -OCH3 is 2. The molecule has 4 aromatic rings. The Balaban J connectivity index is 1.21. The van der Waals surface area contributed by atoms with E-state index in [0.717, 1.165) is 65.1 Å². The normalized spacial score (nSPS) is 16.8. The Labute approximate surface area is 302 Å². The number of piperidine rings is 1. The molecule has 262 valence electrons. The van der Waals surface area contributed by atoms with Gasteiger partial charge < -0.3 is 24.8 Å². The summed E-state index contributed by atoms with van der Waals surface area (Å²) in [4.78, 5) is 36.5. The number of nitrogens with zero attached hydrogens (tertiary/aromatic N) is 4. The summed E-state index contributed by atoms with van der Waals surface area (Å²) >= 11 is 14.2. The molecule has 10 nitrogen and oxygen atoms in total. The van der Waals surface area contributed by atoms with Crippen molar-refractivity contribution in [2.24, 2.45) is 5.92 Å². The molecule has 0 spiro atoms. The molecule has 2 aromatic carbocycles.